The number of carbonyl (C=O) groups excluding carboxylic acids is 3. The second-order valence-corrected chi connectivity index (χ2v) is 11.2. The quantitative estimate of drug-likeness (QED) is 0.156. The van der Waals surface area contributed by atoms with Gasteiger partial charge in [-0.05, 0) is 78.7 Å². The molecular weight excluding hydrogens is 652 g/mol. The number of nitrogens with one attached hydrogen (secondary N) is 1. The molecular formula is C32H24Br2N2O5. The third-order valence-electron chi connectivity index (χ3n) is 6.26. The van der Waals surface area contributed by atoms with Gasteiger partial charge >= 0.3 is 6.03 Å². The number of rotatable bonds is 8. The first kappa shape index (κ1) is 28.3. The molecule has 7 nitrogen and oxygen atoms in total. The van der Waals surface area contributed by atoms with Crippen molar-refractivity contribution in [2.75, 3.05) is 4.90 Å². The molecule has 41 heavy (non-hydrogen) atoms. The lowest BCUT2D eigenvalue weighted by atomic mass is 10.1. The number of imide groups is 2. The van der Waals surface area contributed by atoms with Crippen LogP contribution in [0.5, 0.6) is 11.5 Å². The van der Waals surface area contributed by atoms with Crippen molar-refractivity contribution < 1.29 is 23.9 Å². The molecule has 0 spiro atoms. The van der Waals surface area contributed by atoms with Crippen LogP contribution in [-0.2, 0) is 22.8 Å². The lowest BCUT2D eigenvalue weighted by Gasteiger charge is -2.26. The first-order chi connectivity index (χ1) is 19.8. The number of amides is 4. The van der Waals surface area contributed by atoms with Crippen LogP contribution in [0.1, 0.15) is 22.3 Å². The van der Waals surface area contributed by atoms with Gasteiger partial charge in [-0.15, -0.1) is 0 Å². The van der Waals surface area contributed by atoms with E-state index in [1.807, 2.05) is 61.5 Å². The number of barbiturate groups is 1. The van der Waals surface area contributed by atoms with Gasteiger partial charge in [0.2, 0.25) is 0 Å². The number of hydrogen-bond acceptors (Lipinski definition) is 5. The van der Waals surface area contributed by atoms with Crippen molar-refractivity contribution in [1.82, 2.24) is 5.32 Å². The second-order valence-electron chi connectivity index (χ2n) is 9.33. The minimum atomic E-state index is -0.828. The van der Waals surface area contributed by atoms with Crippen LogP contribution < -0.4 is 19.7 Å². The predicted octanol–water partition coefficient (Wildman–Crippen LogP) is 7.34. The van der Waals surface area contributed by atoms with Gasteiger partial charge in [-0.1, -0.05) is 73.8 Å². The maximum absolute atomic E-state index is 13.5. The topological polar surface area (TPSA) is 84.9 Å². The Balaban J connectivity index is 1.35. The van der Waals surface area contributed by atoms with Crippen LogP contribution in [0.4, 0.5) is 10.5 Å². The van der Waals surface area contributed by atoms with Gasteiger partial charge in [-0.3, -0.25) is 14.9 Å². The summed E-state index contributed by atoms with van der Waals surface area (Å²) in [6, 6.07) is 26.7. The third kappa shape index (κ3) is 6.93. The molecule has 4 aromatic carbocycles. The molecule has 5 rings (SSSR count). The average molecular weight is 676 g/mol. The summed E-state index contributed by atoms with van der Waals surface area (Å²) in [5, 5.41) is 2.26. The molecule has 1 fully saturated rings. The highest BCUT2D eigenvalue weighted by Gasteiger charge is 2.37. The minimum absolute atomic E-state index is 0.196. The first-order valence-corrected chi connectivity index (χ1v) is 14.2. The van der Waals surface area contributed by atoms with Gasteiger partial charge in [-0.2, -0.15) is 0 Å². The average Bonchev–Trinajstić information content (AvgIpc) is 2.95. The van der Waals surface area contributed by atoms with Crippen LogP contribution in [0, 0.1) is 6.92 Å². The smallest absolute Gasteiger partial charge is 0.335 e. The Morgan fingerprint density at radius 2 is 1.49 bits per heavy atom. The molecule has 0 bridgehead atoms. The molecule has 0 radical (unpaired) electrons. The summed E-state index contributed by atoms with van der Waals surface area (Å²) in [5.74, 6) is -0.473. The summed E-state index contributed by atoms with van der Waals surface area (Å²) >= 11 is 6.85. The van der Waals surface area contributed by atoms with Crippen molar-refractivity contribution in [3.05, 3.63) is 128 Å². The fourth-order valence-electron chi connectivity index (χ4n) is 4.21. The molecule has 4 amide bonds. The monoisotopic (exact) mass is 674 g/mol. The van der Waals surface area contributed by atoms with Crippen molar-refractivity contribution >= 4 is 61.5 Å². The van der Waals surface area contributed by atoms with Crippen LogP contribution in [0.25, 0.3) is 6.08 Å². The van der Waals surface area contributed by atoms with E-state index in [1.54, 1.807) is 36.4 Å². The van der Waals surface area contributed by atoms with Gasteiger partial charge in [0.15, 0.2) is 0 Å². The van der Waals surface area contributed by atoms with E-state index in [0.717, 1.165) is 30.5 Å². The zero-order valence-electron chi connectivity index (χ0n) is 21.9. The minimum Gasteiger partial charge on any atom is -0.489 e. The first-order valence-electron chi connectivity index (χ1n) is 12.6. The summed E-state index contributed by atoms with van der Waals surface area (Å²) in [7, 11) is 0. The molecule has 0 aromatic heterocycles. The maximum Gasteiger partial charge on any atom is 0.335 e. The Bertz CT molecular complexity index is 1650. The predicted molar refractivity (Wildman–Crippen MR) is 164 cm³/mol. The zero-order valence-corrected chi connectivity index (χ0v) is 25.1. The van der Waals surface area contributed by atoms with Gasteiger partial charge in [0.1, 0.15) is 30.3 Å². The molecule has 1 N–H and O–H groups in total. The Kier molecular flexibility index (Phi) is 8.66. The molecule has 9 heteroatoms. The van der Waals surface area contributed by atoms with Crippen LogP contribution in [0.15, 0.2) is 106 Å². The number of anilines is 1. The zero-order chi connectivity index (χ0) is 28.9. The summed E-state index contributed by atoms with van der Waals surface area (Å²) < 4.78 is 13.6. The molecule has 0 saturated carbocycles. The number of nitrogens with zero attached hydrogens (tertiary/aromatic N) is 1. The van der Waals surface area contributed by atoms with Gasteiger partial charge in [-0.25, -0.2) is 9.69 Å². The number of carbonyl (C=O) groups is 3. The molecule has 1 heterocycles. The molecule has 4 aromatic rings. The lowest BCUT2D eigenvalue weighted by Crippen LogP contribution is -2.54. The Hall–Kier alpha value is -4.21. The molecule has 0 unspecified atom stereocenters. The van der Waals surface area contributed by atoms with Gasteiger partial charge in [0.25, 0.3) is 11.8 Å². The number of aryl methyl sites for hydroxylation is 1. The van der Waals surface area contributed by atoms with Crippen molar-refractivity contribution in [3.63, 3.8) is 0 Å². The van der Waals surface area contributed by atoms with Crippen molar-refractivity contribution in [2.24, 2.45) is 0 Å². The normalized spacial score (nSPS) is 14.3. The largest absolute Gasteiger partial charge is 0.489 e. The van der Waals surface area contributed by atoms with Crippen LogP contribution in [-0.4, -0.2) is 17.8 Å². The highest BCUT2D eigenvalue weighted by atomic mass is 79.9. The van der Waals surface area contributed by atoms with Gasteiger partial charge in [0.05, 0.1) is 5.69 Å². The van der Waals surface area contributed by atoms with E-state index in [9.17, 15) is 14.4 Å². The van der Waals surface area contributed by atoms with Gasteiger partial charge < -0.3 is 9.47 Å². The second kappa shape index (κ2) is 12.5. The van der Waals surface area contributed by atoms with Gasteiger partial charge in [0, 0.05) is 14.5 Å². The molecule has 0 aliphatic carbocycles. The van der Waals surface area contributed by atoms with E-state index in [1.165, 1.54) is 6.08 Å². The van der Waals surface area contributed by atoms with E-state index in [2.05, 4.69) is 37.2 Å². The number of ether oxygens (including phenoxy) is 2. The number of benzene rings is 4. The van der Waals surface area contributed by atoms with Crippen molar-refractivity contribution in [3.8, 4) is 11.5 Å². The maximum atomic E-state index is 13.5. The molecule has 206 valence electrons. The number of hydrogen-bond donors (Lipinski definition) is 1. The van der Waals surface area contributed by atoms with Crippen LogP contribution in [0.3, 0.4) is 0 Å². The Morgan fingerprint density at radius 3 is 2.22 bits per heavy atom. The third-order valence-corrected chi connectivity index (χ3v) is 7.29. The van der Waals surface area contributed by atoms with E-state index >= 15 is 0 Å². The summed E-state index contributed by atoms with van der Waals surface area (Å²) in [5.41, 5.74) is 3.70. The summed E-state index contributed by atoms with van der Waals surface area (Å²) in [6.07, 6.45) is 1.43. The lowest BCUT2D eigenvalue weighted by molar-refractivity contribution is -0.122. The van der Waals surface area contributed by atoms with Crippen LogP contribution >= 0.6 is 31.9 Å². The van der Waals surface area contributed by atoms with E-state index in [0.29, 0.717) is 36.0 Å². The molecule has 1 aliphatic rings. The highest BCUT2D eigenvalue weighted by molar-refractivity contribution is 9.10. The standard InChI is InChI=1S/C32H24Br2N2O5/c1-20-3-2-4-22(15-20)19-41-29-14-9-25(34)16-23(29)17-28-30(37)35-32(39)36(31(28)38)26-10-12-27(13-11-26)40-18-21-5-7-24(33)8-6-21/h2-17H,18-19H2,1H3,(H,35,37,39)/b28-17+. The molecule has 1 aliphatic heterocycles. The Morgan fingerprint density at radius 1 is 0.780 bits per heavy atom. The fraction of sp³-hybridized carbons (Fsp3) is 0.0938. The molecule has 0 atom stereocenters. The van der Waals surface area contributed by atoms with Crippen LogP contribution in [0.2, 0.25) is 0 Å². The van der Waals surface area contributed by atoms with Crippen molar-refractivity contribution in [2.45, 2.75) is 20.1 Å². The van der Waals surface area contributed by atoms with E-state index in [4.69, 9.17) is 9.47 Å². The SMILES string of the molecule is Cc1cccc(COc2ccc(Br)cc2/C=C2\C(=O)NC(=O)N(c3ccc(OCc4ccc(Br)cc4)cc3)C2=O)c1. The molecule has 1 saturated heterocycles. The number of halogens is 2. The summed E-state index contributed by atoms with van der Waals surface area (Å²) in [6.45, 7) is 2.67. The van der Waals surface area contributed by atoms with E-state index < -0.39 is 17.8 Å². The number of urea groups is 1. The Labute approximate surface area is 254 Å². The fourth-order valence-corrected chi connectivity index (χ4v) is 4.86. The van der Waals surface area contributed by atoms with Crippen molar-refractivity contribution in [1.29, 1.82) is 0 Å². The highest BCUT2D eigenvalue weighted by Crippen LogP contribution is 2.29. The summed E-state index contributed by atoms with van der Waals surface area (Å²) in [4.78, 5) is 39.9. The van der Waals surface area contributed by atoms with E-state index in [-0.39, 0.29) is 5.57 Å².